The molecule has 0 saturated heterocycles. The largest absolute Gasteiger partial charge is 0.492 e. The van der Waals surface area contributed by atoms with Crippen LogP contribution in [0.15, 0.2) is 53.4 Å². The molecule has 6 nitrogen and oxygen atoms in total. The molecule has 0 aliphatic rings. The number of carbonyl (C=O) groups excluding carboxylic acids is 1. The summed E-state index contributed by atoms with van der Waals surface area (Å²) >= 11 is 0. The Morgan fingerprint density at radius 2 is 1.78 bits per heavy atom. The Hall–Kier alpha value is -2.45. The quantitative estimate of drug-likeness (QED) is 0.664. The Labute approximate surface area is 159 Å². The van der Waals surface area contributed by atoms with Gasteiger partial charge >= 0.3 is 0 Å². The number of para-hydroxylation sites is 1. The maximum Gasteiger partial charge on any atom is 0.254 e. The molecule has 0 bridgehead atoms. The number of hydrogen-bond donors (Lipinski definition) is 1. The van der Waals surface area contributed by atoms with Crippen LogP contribution in [-0.4, -0.2) is 44.9 Å². The van der Waals surface area contributed by atoms with Crippen molar-refractivity contribution < 1.29 is 22.3 Å². The average molecular weight is 394 g/mol. The molecule has 0 aliphatic carbocycles. The molecule has 0 atom stereocenters. The van der Waals surface area contributed by atoms with Crippen LogP contribution in [0.1, 0.15) is 24.2 Å². The molecule has 27 heavy (non-hydrogen) atoms. The minimum Gasteiger partial charge on any atom is -0.492 e. The molecule has 0 aromatic heterocycles. The van der Waals surface area contributed by atoms with Crippen molar-refractivity contribution in [2.75, 3.05) is 26.2 Å². The Bertz CT molecular complexity index is 869. The second kappa shape index (κ2) is 9.48. The van der Waals surface area contributed by atoms with Crippen molar-refractivity contribution in [3.63, 3.8) is 0 Å². The fourth-order valence-corrected chi connectivity index (χ4v) is 3.98. The lowest BCUT2D eigenvalue weighted by molar-refractivity contribution is 0.0942. The molecule has 0 aliphatic heterocycles. The van der Waals surface area contributed by atoms with Crippen molar-refractivity contribution >= 4 is 15.9 Å². The molecule has 0 radical (unpaired) electrons. The highest BCUT2D eigenvalue weighted by molar-refractivity contribution is 7.89. The van der Waals surface area contributed by atoms with Crippen molar-refractivity contribution in [2.24, 2.45) is 0 Å². The Balaban J connectivity index is 2.05. The van der Waals surface area contributed by atoms with E-state index in [1.54, 1.807) is 26.0 Å². The van der Waals surface area contributed by atoms with Crippen LogP contribution in [0.4, 0.5) is 4.39 Å². The molecule has 1 N–H and O–H groups in total. The Kier molecular flexibility index (Phi) is 7.32. The van der Waals surface area contributed by atoms with Crippen LogP contribution in [0.5, 0.6) is 5.75 Å². The van der Waals surface area contributed by atoms with Gasteiger partial charge in [-0.25, -0.2) is 12.8 Å². The smallest absolute Gasteiger partial charge is 0.254 e. The summed E-state index contributed by atoms with van der Waals surface area (Å²) in [5.41, 5.74) is -0.317. The van der Waals surface area contributed by atoms with Crippen LogP contribution in [-0.2, 0) is 10.0 Å². The van der Waals surface area contributed by atoms with E-state index in [4.69, 9.17) is 4.74 Å². The summed E-state index contributed by atoms with van der Waals surface area (Å²) in [5, 5.41) is 2.53. The van der Waals surface area contributed by atoms with Gasteiger partial charge in [-0.2, -0.15) is 4.31 Å². The van der Waals surface area contributed by atoms with Gasteiger partial charge in [-0.3, -0.25) is 4.79 Å². The zero-order valence-corrected chi connectivity index (χ0v) is 16.1. The zero-order chi connectivity index (χ0) is 19.9. The highest BCUT2D eigenvalue weighted by Gasteiger charge is 2.24. The molecule has 2 aromatic rings. The predicted octanol–water partition coefficient (Wildman–Crippen LogP) is 2.67. The highest BCUT2D eigenvalue weighted by atomic mass is 32.2. The summed E-state index contributed by atoms with van der Waals surface area (Å²) in [5.74, 6) is -0.819. The number of amides is 1. The molecule has 2 rings (SSSR count). The fourth-order valence-electron chi connectivity index (χ4n) is 2.50. The lowest BCUT2D eigenvalue weighted by Gasteiger charge is -2.19. The average Bonchev–Trinajstić information content (AvgIpc) is 2.67. The fraction of sp³-hybridized carbons (Fsp3) is 0.316. The van der Waals surface area contributed by atoms with Gasteiger partial charge in [0.2, 0.25) is 10.0 Å². The first-order valence-electron chi connectivity index (χ1n) is 8.65. The van der Waals surface area contributed by atoms with Gasteiger partial charge in [-0.1, -0.05) is 32.0 Å². The van der Waals surface area contributed by atoms with Gasteiger partial charge in [0.05, 0.1) is 17.0 Å². The number of benzene rings is 2. The van der Waals surface area contributed by atoms with Crippen LogP contribution in [0.3, 0.4) is 0 Å². The Morgan fingerprint density at radius 3 is 2.41 bits per heavy atom. The van der Waals surface area contributed by atoms with Crippen molar-refractivity contribution in [3.8, 4) is 5.75 Å². The van der Waals surface area contributed by atoms with E-state index in [0.29, 0.717) is 5.75 Å². The van der Waals surface area contributed by atoms with Crippen molar-refractivity contribution in [1.82, 2.24) is 9.62 Å². The standard InChI is InChI=1S/C19H23FN2O4S/c1-3-22(4-2)27(24,25)16-10-11-18(20)17(14-16)19(23)21-12-13-26-15-8-6-5-7-9-15/h5-11,14H,3-4,12-13H2,1-2H3,(H,21,23). The second-order valence-electron chi connectivity index (χ2n) is 5.65. The van der Waals surface area contributed by atoms with Crippen LogP contribution in [0, 0.1) is 5.82 Å². The normalized spacial score (nSPS) is 11.4. The topological polar surface area (TPSA) is 75.7 Å². The third kappa shape index (κ3) is 5.27. The first-order valence-corrected chi connectivity index (χ1v) is 10.1. The molecule has 0 spiro atoms. The number of nitrogens with one attached hydrogen (secondary N) is 1. The van der Waals surface area contributed by atoms with E-state index in [9.17, 15) is 17.6 Å². The molecule has 2 aromatic carbocycles. The lowest BCUT2D eigenvalue weighted by Crippen LogP contribution is -2.32. The predicted molar refractivity (Wildman–Crippen MR) is 101 cm³/mol. The number of nitrogens with zero attached hydrogens (tertiary/aromatic N) is 1. The molecular formula is C19H23FN2O4S. The first kappa shape index (κ1) is 20.9. The van der Waals surface area contributed by atoms with Crippen molar-refractivity contribution in [2.45, 2.75) is 18.7 Å². The van der Waals surface area contributed by atoms with Gasteiger partial charge < -0.3 is 10.1 Å². The summed E-state index contributed by atoms with van der Waals surface area (Å²) in [6.07, 6.45) is 0. The van der Waals surface area contributed by atoms with Gasteiger partial charge in [0.25, 0.3) is 5.91 Å². The second-order valence-corrected chi connectivity index (χ2v) is 7.59. The van der Waals surface area contributed by atoms with Crippen molar-refractivity contribution in [3.05, 3.63) is 59.9 Å². The number of halogens is 1. The van der Waals surface area contributed by atoms with Gasteiger partial charge in [-0.15, -0.1) is 0 Å². The monoisotopic (exact) mass is 394 g/mol. The molecule has 0 saturated carbocycles. The number of ether oxygens (including phenoxy) is 1. The molecule has 1 amide bonds. The number of hydrogen-bond acceptors (Lipinski definition) is 4. The first-order chi connectivity index (χ1) is 12.9. The lowest BCUT2D eigenvalue weighted by atomic mass is 10.2. The van der Waals surface area contributed by atoms with E-state index in [2.05, 4.69) is 5.32 Å². The van der Waals surface area contributed by atoms with E-state index < -0.39 is 21.7 Å². The van der Waals surface area contributed by atoms with E-state index in [1.807, 2.05) is 18.2 Å². The van der Waals surface area contributed by atoms with Gasteiger partial charge in [0, 0.05) is 13.1 Å². The maximum atomic E-state index is 14.0. The highest BCUT2D eigenvalue weighted by Crippen LogP contribution is 2.19. The summed E-state index contributed by atoms with van der Waals surface area (Å²) < 4.78 is 45.8. The number of rotatable bonds is 9. The summed E-state index contributed by atoms with van der Waals surface area (Å²) in [7, 11) is -3.77. The number of sulfonamides is 1. The van der Waals surface area contributed by atoms with E-state index in [1.165, 1.54) is 4.31 Å². The molecular weight excluding hydrogens is 371 g/mol. The third-order valence-corrected chi connectivity index (χ3v) is 5.97. The summed E-state index contributed by atoms with van der Waals surface area (Å²) in [6, 6.07) is 12.3. The molecule has 0 heterocycles. The van der Waals surface area contributed by atoms with Gasteiger partial charge in [0.1, 0.15) is 18.2 Å². The van der Waals surface area contributed by atoms with Gasteiger partial charge in [0.15, 0.2) is 0 Å². The maximum absolute atomic E-state index is 14.0. The minimum atomic E-state index is -3.77. The Morgan fingerprint density at radius 1 is 1.11 bits per heavy atom. The van der Waals surface area contributed by atoms with Crippen LogP contribution in [0.2, 0.25) is 0 Å². The van der Waals surface area contributed by atoms with Crippen LogP contribution >= 0.6 is 0 Å². The van der Waals surface area contributed by atoms with Gasteiger partial charge in [-0.05, 0) is 30.3 Å². The zero-order valence-electron chi connectivity index (χ0n) is 15.3. The molecule has 0 fully saturated rings. The SMILES string of the molecule is CCN(CC)S(=O)(=O)c1ccc(F)c(C(=O)NCCOc2ccccc2)c1. The van der Waals surface area contributed by atoms with E-state index in [-0.39, 0.29) is 36.7 Å². The van der Waals surface area contributed by atoms with E-state index in [0.717, 1.165) is 18.2 Å². The summed E-state index contributed by atoms with van der Waals surface area (Å²) in [4.78, 5) is 12.1. The van der Waals surface area contributed by atoms with E-state index >= 15 is 0 Å². The molecule has 8 heteroatoms. The van der Waals surface area contributed by atoms with Crippen LogP contribution in [0.25, 0.3) is 0 Å². The summed E-state index contributed by atoms with van der Waals surface area (Å²) in [6.45, 7) is 4.36. The van der Waals surface area contributed by atoms with Crippen LogP contribution < -0.4 is 10.1 Å². The third-order valence-electron chi connectivity index (χ3n) is 3.93. The molecule has 146 valence electrons. The minimum absolute atomic E-state index is 0.113. The van der Waals surface area contributed by atoms with Crippen molar-refractivity contribution in [1.29, 1.82) is 0 Å². The number of carbonyl (C=O) groups is 1. The molecule has 0 unspecified atom stereocenters.